The topological polar surface area (TPSA) is 43.9 Å². The van der Waals surface area contributed by atoms with Crippen LogP contribution in [0, 0.1) is 11.8 Å². The van der Waals surface area contributed by atoms with Gasteiger partial charge in [0.05, 0.1) is 4.88 Å². The van der Waals surface area contributed by atoms with Crippen LogP contribution in [0.4, 0.5) is 0 Å². The Hall–Kier alpha value is -2.54. The number of fused-ring (bicyclic) bond motifs is 4. The minimum absolute atomic E-state index is 0.103. The lowest BCUT2D eigenvalue weighted by Gasteiger charge is -2.44. The number of likely N-dealkylation sites (N-methyl/N-ethyl adjacent to an activating group) is 1. The van der Waals surface area contributed by atoms with Gasteiger partial charge < -0.3 is 14.7 Å². The lowest BCUT2D eigenvalue weighted by molar-refractivity contribution is 0.0442. The Morgan fingerprint density at radius 3 is 2.46 bits per heavy atom. The van der Waals surface area contributed by atoms with Crippen LogP contribution in [0.3, 0.4) is 0 Å². The maximum Gasteiger partial charge on any atom is 0.253 e. The molecule has 4 fully saturated rings. The molecular weight excluding hydrogens is 454 g/mol. The molecule has 4 saturated heterocycles. The molecule has 0 N–H and O–H groups in total. The summed E-state index contributed by atoms with van der Waals surface area (Å²) >= 11 is 1.61. The number of Topliss-reactive ketones (excluding diaryl/α,β-unsaturated/α-hetero) is 1. The van der Waals surface area contributed by atoms with Crippen LogP contribution in [0.2, 0.25) is 0 Å². The number of piperidine rings is 3. The molecule has 1 amide bonds. The number of carbonyl (C=O) groups excluding carboxylic acids is 2. The summed E-state index contributed by atoms with van der Waals surface area (Å²) in [4.78, 5) is 34.0. The zero-order chi connectivity index (χ0) is 23.9. The normalized spacial score (nSPS) is 24.7. The van der Waals surface area contributed by atoms with E-state index in [-0.39, 0.29) is 11.7 Å². The minimum Gasteiger partial charge on any atom is -0.336 e. The number of ketones is 1. The van der Waals surface area contributed by atoms with Crippen molar-refractivity contribution in [2.45, 2.75) is 19.3 Å². The Labute approximate surface area is 211 Å². The summed E-state index contributed by atoms with van der Waals surface area (Å²) in [6.07, 6.45) is 3.16. The van der Waals surface area contributed by atoms with Crippen LogP contribution in [0.5, 0.6) is 0 Å². The second-order valence-electron chi connectivity index (χ2n) is 10.5. The van der Waals surface area contributed by atoms with Crippen LogP contribution in [-0.2, 0) is 0 Å². The van der Waals surface area contributed by atoms with Gasteiger partial charge in [-0.05, 0) is 79.5 Å². The van der Waals surface area contributed by atoms with E-state index in [0.717, 1.165) is 70.3 Å². The first kappa shape index (κ1) is 22.9. The molecule has 4 aliphatic rings. The van der Waals surface area contributed by atoms with Crippen molar-refractivity contribution in [3.05, 3.63) is 59.0 Å². The summed E-state index contributed by atoms with van der Waals surface area (Å²) in [5.74, 6) is 1.61. The van der Waals surface area contributed by atoms with Crippen LogP contribution in [0.25, 0.3) is 21.2 Å². The molecule has 4 aliphatic heterocycles. The first-order valence-electron chi connectivity index (χ1n) is 12.9. The molecule has 0 unspecified atom stereocenters. The fourth-order valence-electron chi connectivity index (χ4n) is 6.10. The molecule has 0 spiro atoms. The number of rotatable bonds is 5. The third kappa shape index (κ3) is 4.55. The van der Waals surface area contributed by atoms with E-state index in [1.807, 2.05) is 23.1 Å². The van der Waals surface area contributed by atoms with Gasteiger partial charge in [-0.2, -0.15) is 0 Å². The van der Waals surface area contributed by atoms with Gasteiger partial charge in [-0.1, -0.05) is 30.3 Å². The second-order valence-corrected chi connectivity index (χ2v) is 11.6. The third-order valence-corrected chi connectivity index (χ3v) is 9.49. The highest BCUT2D eigenvalue weighted by molar-refractivity contribution is 7.21. The molecule has 1 aromatic heterocycles. The highest BCUT2D eigenvalue weighted by atomic mass is 32.1. The highest BCUT2D eigenvalue weighted by Crippen LogP contribution is 2.38. The molecule has 1 atom stereocenters. The van der Waals surface area contributed by atoms with E-state index in [4.69, 9.17) is 0 Å². The predicted molar refractivity (Wildman–Crippen MR) is 142 cm³/mol. The van der Waals surface area contributed by atoms with Crippen LogP contribution >= 0.6 is 11.3 Å². The number of benzene rings is 2. The summed E-state index contributed by atoms with van der Waals surface area (Å²) in [6, 6.07) is 16.3. The average molecular weight is 488 g/mol. The van der Waals surface area contributed by atoms with Crippen molar-refractivity contribution in [3.63, 3.8) is 0 Å². The monoisotopic (exact) mass is 487 g/mol. The van der Waals surface area contributed by atoms with Gasteiger partial charge in [-0.15, -0.1) is 11.3 Å². The fourth-order valence-corrected chi connectivity index (χ4v) is 7.24. The molecule has 182 valence electrons. The second kappa shape index (κ2) is 9.49. The standard InChI is InChI=1S/C29H33N3O2S/c1-30-12-14-32(15-13-30)29(34)23-6-2-4-21(16-23)25-7-3-5-22-18-27(35-28(22)25)26(33)17-24-19-31-10-8-20(24)9-11-31/h2-7,16,18,20,24H,8-15,17,19H2,1H3/t24-/m0/s1. The fraction of sp³-hybridized carbons (Fsp3) is 0.448. The third-order valence-electron chi connectivity index (χ3n) is 8.27. The molecular formula is C29H33N3O2S. The molecule has 3 aromatic rings. The average Bonchev–Trinajstić information content (AvgIpc) is 3.34. The van der Waals surface area contributed by atoms with Crippen LogP contribution in [-0.4, -0.2) is 79.3 Å². The summed E-state index contributed by atoms with van der Waals surface area (Å²) in [5, 5.41) is 1.11. The molecule has 5 nitrogen and oxygen atoms in total. The van der Waals surface area contributed by atoms with Crippen LogP contribution < -0.4 is 0 Å². The van der Waals surface area contributed by atoms with E-state index < -0.39 is 0 Å². The zero-order valence-electron chi connectivity index (χ0n) is 20.4. The number of carbonyl (C=O) groups is 2. The Kier molecular flexibility index (Phi) is 6.21. The number of thiophene rings is 1. The number of piperazine rings is 1. The van der Waals surface area contributed by atoms with Gasteiger partial charge in [0.2, 0.25) is 0 Å². The Bertz CT molecular complexity index is 1250. The zero-order valence-corrected chi connectivity index (χ0v) is 21.2. The number of hydrogen-bond donors (Lipinski definition) is 0. The molecule has 7 rings (SSSR count). The molecule has 0 aliphatic carbocycles. The highest BCUT2D eigenvalue weighted by Gasteiger charge is 2.35. The molecule has 2 bridgehead atoms. The Balaban J connectivity index is 1.25. The molecule has 2 aromatic carbocycles. The van der Waals surface area contributed by atoms with Gasteiger partial charge in [-0.3, -0.25) is 9.59 Å². The molecule has 0 saturated carbocycles. The molecule has 5 heterocycles. The lowest BCUT2D eigenvalue weighted by atomic mass is 9.76. The van der Waals surface area contributed by atoms with Crippen molar-refractivity contribution in [2.75, 3.05) is 52.9 Å². The summed E-state index contributed by atoms with van der Waals surface area (Å²) in [6.45, 7) is 6.86. The van der Waals surface area contributed by atoms with Gasteiger partial charge in [-0.25, -0.2) is 0 Å². The van der Waals surface area contributed by atoms with E-state index in [9.17, 15) is 9.59 Å². The number of nitrogens with zero attached hydrogens (tertiary/aromatic N) is 3. The van der Waals surface area contributed by atoms with Gasteiger partial charge in [0.25, 0.3) is 5.91 Å². The number of amides is 1. The van der Waals surface area contributed by atoms with Gasteiger partial charge in [0.15, 0.2) is 5.78 Å². The van der Waals surface area contributed by atoms with Crippen molar-refractivity contribution < 1.29 is 9.59 Å². The van der Waals surface area contributed by atoms with E-state index in [1.54, 1.807) is 11.3 Å². The maximum atomic E-state index is 13.3. The largest absolute Gasteiger partial charge is 0.336 e. The summed E-state index contributed by atoms with van der Waals surface area (Å²) < 4.78 is 1.13. The van der Waals surface area contributed by atoms with Crippen molar-refractivity contribution >= 4 is 33.1 Å². The van der Waals surface area contributed by atoms with Crippen LogP contribution in [0.1, 0.15) is 39.3 Å². The quantitative estimate of drug-likeness (QED) is 0.482. The first-order valence-corrected chi connectivity index (χ1v) is 13.7. The Morgan fingerprint density at radius 1 is 0.943 bits per heavy atom. The van der Waals surface area contributed by atoms with Gasteiger partial charge in [0, 0.05) is 49.4 Å². The smallest absolute Gasteiger partial charge is 0.253 e. The van der Waals surface area contributed by atoms with Crippen molar-refractivity contribution in [1.82, 2.24) is 14.7 Å². The van der Waals surface area contributed by atoms with Crippen molar-refractivity contribution in [3.8, 4) is 11.1 Å². The number of hydrogen-bond acceptors (Lipinski definition) is 5. The van der Waals surface area contributed by atoms with Crippen LogP contribution in [0.15, 0.2) is 48.5 Å². The van der Waals surface area contributed by atoms with Gasteiger partial charge >= 0.3 is 0 Å². The summed E-state index contributed by atoms with van der Waals surface area (Å²) in [7, 11) is 2.10. The first-order chi connectivity index (χ1) is 17.0. The molecule has 0 radical (unpaired) electrons. The van der Waals surface area contributed by atoms with E-state index in [1.165, 1.54) is 25.9 Å². The molecule has 6 heteroatoms. The Morgan fingerprint density at radius 2 is 1.71 bits per heavy atom. The van der Waals surface area contributed by atoms with Crippen molar-refractivity contribution in [2.24, 2.45) is 11.8 Å². The minimum atomic E-state index is 0.103. The maximum absolute atomic E-state index is 13.3. The van der Waals surface area contributed by atoms with Crippen molar-refractivity contribution in [1.29, 1.82) is 0 Å². The van der Waals surface area contributed by atoms with E-state index in [2.05, 4.69) is 47.2 Å². The van der Waals surface area contributed by atoms with E-state index >= 15 is 0 Å². The SMILES string of the molecule is CN1CCN(C(=O)c2cccc(-c3cccc4cc(C(=O)C[C@H]5CN6CCC5CC6)sc34)c2)CC1. The lowest BCUT2D eigenvalue weighted by Crippen LogP contribution is -2.47. The predicted octanol–water partition coefficient (Wildman–Crippen LogP) is 4.87. The summed E-state index contributed by atoms with van der Waals surface area (Å²) in [5.41, 5.74) is 2.87. The van der Waals surface area contributed by atoms with Gasteiger partial charge in [0.1, 0.15) is 0 Å². The van der Waals surface area contributed by atoms with E-state index in [0.29, 0.717) is 12.3 Å². The molecule has 35 heavy (non-hydrogen) atoms.